The molecule has 1 aliphatic rings. The number of rotatable bonds is 1. The van der Waals surface area contributed by atoms with E-state index in [9.17, 15) is 0 Å². The summed E-state index contributed by atoms with van der Waals surface area (Å²) in [5, 5.41) is -0.0278. The molecule has 0 aromatic carbocycles. The van der Waals surface area contributed by atoms with Crippen LogP contribution in [-0.2, 0) is 0 Å². The normalized spacial score (nSPS) is 28.1. The molecule has 0 N–H and O–H groups in total. The topological polar surface area (TPSA) is 0 Å². The molecule has 1 unspecified atom stereocenters. The van der Waals surface area contributed by atoms with Crippen LogP contribution in [0.3, 0.4) is 0 Å². The fourth-order valence-corrected chi connectivity index (χ4v) is 1.49. The van der Waals surface area contributed by atoms with Crippen molar-refractivity contribution in [3.05, 3.63) is 0 Å². The lowest BCUT2D eigenvalue weighted by molar-refractivity contribution is 0.558. The lowest BCUT2D eigenvalue weighted by Crippen LogP contribution is -2.13. The van der Waals surface area contributed by atoms with E-state index in [1.54, 1.807) is 0 Å². The molecule has 0 aromatic heterocycles. The van der Waals surface area contributed by atoms with Gasteiger partial charge in [-0.15, -0.1) is 0 Å². The third kappa shape index (κ3) is 1.33. The van der Waals surface area contributed by atoms with Crippen molar-refractivity contribution < 1.29 is 0 Å². The SMILES string of the molecule is [B]C(C)C1([B])CCCC1. The highest BCUT2D eigenvalue weighted by atomic mass is 14.3. The summed E-state index contributed by atoms with van der Waals surface area (Å²) in [6, 6.07) is 0. The van der Waals surface area contributed by atoms with E-state index in [0.717, 1.165) is 12.8 Å². The molecule has 0 saturated heterocycles. The van der Waals surface area contributed by atoms with Crippen LogP contribution >= 0.6 is 0 Å². The lowest BCUT2D eigenvalue weighted by atomic mass is 9.54. The van der Waals surface area contributed by atoms with Crippen molar-refractivity contribution >= 4 is 15.7 Å². The Morgan fingerprint density at radius 3 is 2.00 bits per heavy atom. The second kappa shape index (κ2) is 2.40. The van der Waals surface area contributed by atoms with Gasteiger partial charge in [-0.2, -0.15) is 0 Å². The first-order chi connectivity index (χ1) is 4.15. The van der Waals surface area contributed by atoms with E-state index in [-0.39, 0.29) is 11.1 Å². The van der Waals surface area contributed by atoms with Crippen molar-refractivity contribution in [2.24, 2.45) is 0 Å². The first-order valence-corrected chi connectivity index (χ1v) is 3.70. The molecule has 0 amide bonds. The summed E-state index contributed by atoms with van der Waals surface area (Å²) in [6.07, 6.45) is 4.76. The molecular formula is C7H12B2. The maximum atomic E-state index is 5.98. The van der Waals surface area contributed by atoms with E-state index in [4.69, 9.17) is 15.7 Å². The van der Waals surface area contributed by atoms with Gasteiger partial charge in [0.1, 0.15) is 0 Å². The minimum atomic E-state index is -0.0278. The minimum Gasteiger partial charge on any atom is -0.0823 e. The van der Waals surface area contributed by atoms with Gasteiger partial charge in [-0.05, 0) is 0 Å². The van der Waals surface area contributed by atoms with Crippen LogP contribution in [-0.4, -0.2) is 15.7 Å². The second-order valence-electron chi connectivity index (χ2n) is 3.23. The van der Waals surface area contributed by atoms with Crippen molar-refractivity contribution in [1.29, 1.82) is 0 Å². The highest BCUT2D eigenvalue weighted by Gasteiger charge is 2.30. The lowest BCUT2D eigenvalue weighted by Gasteiger charge is -2.29. The van der Waals surface area contributed by atoms with Crippen LogP contribution in [0, 0.1) is 0 Å². The Morgan fingerprint density at radius 2 is 1.78 bits per heavy atom. The van der Waals surface area contributed by atoms with Crippen LogP contribution in [0.2, 0.25) is 11.1 Å². The molecule has 1 fully saturated rings. The standard InChI is InChI=1S/C7H12B2/c1-6(8)7(9)4-2-3-5-7/h6H,2-5H2,1H3. The molecular weight excluding hydrogens is 106 g/mol. The fourth-order valence-electron chi connectivity index (χ4n) is 1.49. The van der Waals surface area contributed by atoms with Crippen molar-refractivity contribution in [3.63, 3.8) is 0 Å². The van der Waals surface area contributed by atoms with Crippen LogP contribution < -0.4 is 0 Å². The molecule has 2 heteroatoms. The second-order valence-corrected chi connectivity index (χ2v) is 3.23. The maximum Gasteiger partial charge on any atom is 0.0739 e. The molecule has 9 heavy (non-hydrogen) atoms. The summed E-state index contributed by atoms with van der Waals surface area (Å²) in [4.78, 5) is 0. The zero-order valence-electron chi connectivity index (χ0n) is 6.06. The maximum absolute atomic E-state index is 5.98. The zero-order chi connectivity index (χ0) is 6.91. The van der Waals surface area contributed by atoms with Gasteiger partial charge in [0.15, 0.2) is 0 Å². The predicted octanol–water partition coefficient (Wildman–Crippen LogP) is 1.86. The Morgan fingerprint density at radius 1 is 1.33 bits per heavy atom. The van der Waals surface area contributed by atoms with E-state index < -0.39 is 0 Å². The third-order valence-electron chi connectivity index (χ3n) is 2.44. The molecule has 0 bridgehead atoms. The molecule has 0 aliphatic heterocycles. The fraction of sp³-hybridized carbons (Fsp3) is 1.00. The van der Waals surface area contributed by atoms with Crippen molar-refractivity contribution in [1.82, 2.24) is 0 Å². The largest absolute Gasteiger partial charge is 0.0823 e. The molecule has 1 saturated carbocycles. The summed E-state index contributed by atoms with van der Waals surface area (Å²) in [5.74, 6) is 0.167. The molecule has 0 nitrogen and oxygen atoms in total. The van der Waals surface area contributed by atoms with Crippen molar-refractivity contribution in [3.8, 4) is 0 Å². The first-order valence-electron chi connectivity index (χ1n) is 3.70. The average molecular weight is 118 g/mol. The quantitative estimate of drug-likeness (QED) is 0.460. The Balaban J connectivity index is 2.51. The van der Waals surface area contributed by atoms with Crippen LogP contribution in [0.25, 0.3) is 0 Å². The van der Waals surface area contributed by atoms with Crippen molar-refractivity contribution in [2.75, 3.05) is 0 Å². The van der Waals surface area contributed by atoms with Crippen LogP contribution in [0.15, 0.2) is 0 Å². The monoisotopic (exact) mass is 118 g/mol. The predicted molar refractivity (Wildman–Crippen MR) is 42.1 cm³/mol. The van der Waals surface area contributed by atoms with E-state index in [1.807, 2.05) is 6.92 Å². The summed E-state index contributed by atoms with van der Waals surface area (Å²) in [5.41, 5.74) is 0. The zero-order valence-corrected chi connectivity index (χ0v) is 6.06. The Labute approximate surface area is 60.2 Å². The van der Waals surface area contributed by atoms with Gasteiger partial charge < -0.3 is 0 Å². The Bertz CT molecular complexity index is 93.1. The molecule has 1 aliphatic carbocycles. The van der Waals surface area contributed by atoms with Crippen molar-refractivity contribution in [2.45, 2.75) is 43.7 Å². The number of hydrogen-bond donors (Lipinski definition) is 0. The van der Waals surface area contributed by atoms with Gasteiger partial charge >= 0.3 is 0 Å². The summed E-state index contributed by atoms with van der Waals surface area (Å²) >= 11 is 0. The van der Waals surface area contributed by atoms with Gasteiger partial charge in [0, 0.05) is 0 Å². The summed E-state index contributed by atoms with van der Waals surface area (Å²) in [7, 11) is 11.7. The Hall–Kier alpha value is 0.130. The summed E-state index contributed by atoms with van der Waals surface area (Å²) in [6.45, 7) is 2.01. The molecule has 0 heterocycles. The van der Waals surface area contributed by atoms with E-state index in [2.05, 4.69) is 0 Å². The molecule has 0 spiro atoms. The third-order valence-corrected chi connectivity index (χ3v) is 2.44. The van der Waals surface area contributed by atoms with Crippen LogP contribution in [0.4, 0.5) is 0 Å². The van der Waals surface area contributed by atoms with Crippen LogP contribution in [0.1, 0.15) is 32.6 Å². The Kier molecular flexibility index (Phi) is 1.93. The average Bonchev–Trinajstić information content (AvgIpc) is 2.16. The highest BCUT2D eigenvalue weighted by Crippen LogP contribution is 2.49. The highest BCUT2D eigenvalue weighted by molar-refractivity contribution is 6.23. The molecule has 46 valence electrons. The number of hydrogen-bond acceptors (Lipinski definition) is 0. The van der Waals surface area contributed by atoms with Gasteiger partial charge in [-0.1, -0.05) is 43.7 Å². The van der Waals surface area contributed by atoms with E-state index >= 15 is 0 Å². The van der Waals surface area contributed by atoms with E-state index in [1.165, 1.54) is 12.8 Å². The van der Waals surface area contributed by atoms with E-state index in [0.29, 0.717) is 0 Å². The van der Waals surface area contributed by atoms with Gasteiger partial charge in [0.05, 0.1) is 15.7 Å². The van der Waals surface area contributed by atoms with Gasteiger partial charge in [0.25, 0.3) is 0 Å². The first kappa shape index (κ1) is 7.24. The van der Waals surface area contributed by atoms with Gasteiger partial charge in [-0.25, -0.2) is 0 Å². The van der Waals surface area contributed by atoms with Gasteiger partial charge in [-0.3, -0.25) is 0 Å². The van der Waals surface area contributed by atoms with Gasteiger partial charge in [0.2, 0.25) is 0 Å². The molecule has 0 aromatic rings. The molecule has 4 radical (unpaired) electrons. The van der Waals surface area contributed by atoms with Crippen LogP contribution in [0.5, 0.6) is 0 Å². The summed E-state index contributed by atoms with van der Waals surface area (Å²) < 4.78 is 0. The minimum absolute atomic E-state index is 0.0278. The molecule has 1 rings (SSSR count). The molecule has 1 atom stereocenters. The smallest absolute Gasteiger partial charge is 0.0739 e.